The molecule has 2 rings (SSSR count). The third-order valence-corrected chi connectivity index (χ3v) is 3.69. The van der Waals surface area contributed by atoms with Crippen LogP contribution >= 0.6 is 15.9 Å². The van der Waals surface area contributed by atoms with Gasteiger partial charge in [-0.1, -0.05) is 22.0 Å². The van der Waals surface area contributed by atoms with Gasteiger partial charge in [-0.3, -0.25) is 4.79 Å². The minimum absolute atomic E-state index is 0.199. The molecule has 0 saturated carbocycles. The molecule has 2 aromatic rings. The van der Waals surface area contributed by atoms with Gasteiger partial charge in [-0.2, -0.15) is 0 Å². The van der Waals surface area contributed by atoms with E-state index in [0.717, 1.165) is 5.56 Å². The molecular formula is C17H17BrN2O4. The fourth-order valence-corrected chi connectivity index (χ4v) is 2.38. The van der Waals surface area contributed by atoms with E-state index in [1.807, 2.05) is 13.0 Å². The number of carbonyl (C=O) groups is 2. The van der Waals surface area contributed by atoms with Crippen molar-refractivity contribution in [1.82, 2.24) is 0 Å². The molecule has 0 atom stereocenters. The van der Waals surface area contributed by atoms with Crippen molar-refractivity contribution in [2.45, 2.75) is 6.92 Å². The maximum absolute atomic E-state index is 12.0. The van der Waals surface area contributed by atoms with Crippen LogP contribution in [0.3, 0.4) is 0 Å². The van der Waals surface area contributed by atoms with Crippen LogP contribution in [0.15, 0.2) is 40.9 Å². The van der Waals surface area contributed by atoms with Gasteiger partial charge in [-0.05, 0) is 42.8 Å². The molecule has 0 aliphatic heterocycles. The normalized spacial score (nSPS) is 10.1. The maximum atomic E-state index is 12.0. The molecule has 2 aromatic carbocycles. The Morgan fingerprint density at radius 2 is 1.96 bits per heavy atom. The van der Waals surface area contributed by atoms with Gasteiger partial charge in [0.25, 0.3) is 5.91 Å². The quantitative estimate of drug-likeness (QED) is 0.602. The van der Waals surface area contributed by atoms with E-state index >= 15 is 0 Å². The van der Waals surface area contributed by atoms with Crippen molar-refractivity contribution < 1.29 is 19.1 Å². The molecule has 0 fully saturated rings. The third-order valence-electron chi connectivity index (χ3n) is 3.20. The largest absolute Gasteiger partial charge is 0.495 e. The number of amides is 1. The Kier molecular flexibility index (Phi) is 5.81. The summed E-state index contributed by atoms with van der Waals surface area (Å²) in [6, 6.07) is 10.2. The van der Waals surface area contributed by atoms with E-state index in [1.54, 1.807) is 30.3 Å². The van der Waals surface area contributed by atoms with E-state index in [9.17, 15) is 9.59 Å². The highest BCUT2D eigenvalue weighted by atomic mass is 79.9. The summed E-state index contributed by atoms with van der Waals surface area (Å²) in [5, 5.41) is 2.65. The molecule has 7 heteroatoms. The van der Waals surface area contributed by atoms with Crippen LogP contribution in [0.4, 0.5) is 11.4 Å². The average Bonchev–Trinajstić information content (AvgIpc) is 2.55. The van der Waals surface area contributed by atoms with E-state index in [4.69, 9.17) is 15.2 Å². The van der Waals surface area contributed by atoms with Crippen molar-refractivity contribution in [1.29, 1.82) is 0 Å². The smallest absolute Gasteiger partial charge is 0.340 e. The number of hydrogen-bond acceptors (Lipinski definition) is 5. The minimum Gasteiger partial charge on any atom is -0.495 e. The summed E-state index contributed by atoms with van der Waals surface area (Å²) in [5.74, 6) is -0.613. The van der Waals surface area contributed by atoms with Crippen molar-refractivity contribution in [3.63, 3.8) is 0 Å². The lowest BCUT2D eigenvalue weighted by Gasteiger charge is -2.11. The number of aryl methyl sites for hydroxylation is 1. The monoisotopic (exact) mass is 392 g/mol. The molecule has 0 aromatic heterocycles. The number of hydrogen-bond donors (Lipinski definition) is 2. The van der Waals surface area contributed by atoms with Crippen LogP contribution in [0.2, 0.25) is 0 Å². The number of methoxy groups -OCH3 is 1. The Labute approximate surface area is 148 Å². The SMILES string of the molecule is COc1ccc(C)cc1NC(=O)COC(=O)c1cc(Br)ccc1N. The predicted octanol–water partition coefficient (Wildman–Crippen LogP) is 3.14. The van der Waals surface area contributed by atoms with Gasteiger partial charge in [0, 0.05) is 10.2 Å². The molecule has 126 valence electrons. The number of benzene rings is 2. The van der Waals surface area contributed by atoms with Gasteiger partial charge in [0.05, 0.1) is 18.4 Å². The lowest BCUT2D eigenvalue weighted by atomic mass is 10.2. The summed E-state index contributed by atoms with van der Waals surface area (Å²) in [5.41, 5.74) is 7.69. The molecular weight excluding hydrogens is 376 g/mol. The summed E-state index contributed by atoms with van der Waals surface area (Å²) in [6.07, 6.45) is 0. The minimum atomic E-state index is -0.667. The first-order valence-corrected chi connectivity index (χ1v) is 7.86. The van der Waals surface area contributed by atoms with Crippen LogP contribution < -0.4 is 15.8 Å². The molecule has 0 aliphatic rings. The second-order valence-electron chi connectivity index (χ2n) is 5.06. The molecule has 24 heavy (non-hydrogen) atoms. The standard InChI is InChI=1S/C17H17BrN2O4/c1-10-3-6-15(23-2)14(7-10)20-16(21)9-24-17(22)12-8-11(18)4-5-13(12)19/h3-8H,9,19H2,1-2H3,(H,20,21). The first-order valence-electron chi connectivity index (χ1n) is 7.07. The van der Waals surface area contributed by atoms with Gasteiger partial charge in [-0.15, -0.1) is 0 Å². The number of rotatable bonds is 5. The number of anilines is 2. The summed E-state index contributed by atoms with van der Waals surface area (Å²) in [4.78, 5) is 24.0. The zero-order valence-corrected chi connectivity index (χ0v) is 14.8. The van der Waals surface area contributed by atoms with Crippen LogP contribution in [0.25, 0.3) is 0 Å². The van der Waals surface area contributed by atoms with Crippen LogP contribution in [-0.2, 0) is 9.53 Å². The maximum Gasteiger partial charge on any atom is 0.340 e. The molecule has 0 unspecified atom stereocenters. The van der Waals surface area contributed by atoms with E-state index < -0.39 is 18.5 Å². The summed E-state index contributed by atoms with van der Waals surface area (Å²) >= 11 is 3.26. The van der Waals surface area contributed by atoms with Crippen molar-refractivity contribution in [2.75, 3.05) is 24.8 Å². The number of esters is 1. The second-order valence-corrected chi connectivity index (χ2v) is 5.98. The highest BCUT2D eigenvalue weighted by Crippen LogP contribution is 2.25. The number of nitrogens with one attached hydrogen (secondary N) is 1. The molecule has 0 bridgehead atoms. The first-order chi connectivity index (χ1) is 11.4. The summed E-state index contributed by atoms with van der Waals surface area (Å²) < 4.78 is 10.9. The fourth-order valence-electron chi connectivity index (χ4n) is 2.02. The van der Waals surface area contributed by atoms with Crippen molar-refractivity contribution in [2.24, 2.45) is 0 Å². The highest BCUT2D eigenvalue weighted by Gasteiger charge is 2.15. The summed E-state index contributed by atoms with van der Waals surface area (Å²) in [6.45, 7) is 1.47. The Balaban J connectivity index is 2.00. The van der Waals surface area contributed by atoms with Gasteiger partial charge in [0.2, 0.25) is 0 Å². The Morgan fingerprint density at radius 1 is 1.21 bits per heavy atom. The molecule has 0 radical (unpaired) electrons. The van der Waals surface area contributed by atoms with Gasteiger partial charge < -0.3 is 20.5 Å². The Hall–Kier alpha value is -2.54. The van der Waals surface area contributed by atoms with Crippen molar-refractivity contribution in [3.05, 3.63) is 52.0 Å². The number of carbonyl (C=O) groups excluding carboxylic acids is 2. The molecule has 6 nitrogen and oxygen atoms in total. The lowest BCUT2D eigenvalue weighted by Crippen LogP contribution is -2.21. The number of nitrogen functional groups attached to an aromatic ring is 1. The zero-order valence-electron chi connectivity index (χ0n) is 13.3. The van der Waals surface area contributed by atoms with E-state index in [-0.39, 0.29) is 11.3 Å². The summed E-state index contributed by atoms with van der Waals surface area (Å²) in [7, 11) is 1.51. The van der Waals surface area contributed by atoms with Gasteiger partial charge in [0.15, 0.2) is 6.61 Å². The van der Waals surface area contributed by atoms with Crippen molar-refractivity contribution in [3.8, 4) is 5.75 Å². The molecule has 0 saturated heterocycles. The van der Waals surface area contributed by atoms with E-state index in [1.165, 1.54) is 7.11 Å². The van der Waals surface area contributed by atoms with Crippen LogP contribution in [0.1, 0.15) is 15.9 Å². The van der Waals surface area contributed by atoms with Crippen LogP contribution in [0.5, 0.6) is 5.75 Å². The third kappa shape index (κ3) is 4.48. The van der Waals surface area contributed by atoms with Crippen LogP contribution in [-0.4, -0.2) is 25.6 Å². The number of nitrogens with two attached hydrogens (primary N) is 1. The number of halogens is 1. The molecule has 0 spiro atoms. The van der Waals surface area contributed by atoms with Gasteiger partial charge >= 0.3 is 5.97 Å². The van der Waals surface area contributed by atoms with Crippen LogP contribution in [0, 0.1) is 6.92 Å². The van der Waals surface area contributed by atoms with Gasteiger partial charge in [-0.25, -0.2) is 4.79 Å². The lowest BCUT2D eigenvalue weighted by molar-refractivity contribution is -0.119. The Bertz CT molecular complexity index is 777. The highest BCUT2D eigenvalue weighted by molar-refractivity contribution is 9.10. The number of ether oxygens (including phenoxy) is 2. The Morgan fingerprint density at radius 3 is 2.67 bits per heavy atom. The topological polar surface area (TPSA) is 90.6 Å². The average molecular weight is 393 g/mol. The molecule has 0 aliphatic carbocycles. The molecule has 3 N–H and O–H groups in total. The second kappa shape index (κ2) is 7.83. The molecule has 1 amide bonds. The van der Waals surface area contributed by atoms with E-state index in [0.29, 0.717) is 15.9 Å². The predicted molar refractivity (Wildman–Crippen MR) is 95.2 cm³/mol. The molecule has 0 heterocycles. The van der Waals surface area contributed by atoms with E-state index in [2.05, 4.69) is 21.2 Å². The van der Waals surface area contributed by atoms with Crippen molar-refractivity contribution >= 4 is 39.2 Å². The van der Waals surface area contributed by atoms with Gasteiger partial charge in [0.1, 0.15) is 5.75 Å². The first kappa shape index (κ1) is 17.8. The fraction of sp³-hybridized carbons (Fsp3) is 0.176. The zero-order chi connectivity index (χ0) is 17.7.